The lowest BCUT2D eigenvalue weighted by atomic mass is 9.81. The molecule has 37 heavy (non-hydrogen) atoms. The van der Waals surface area contributed by atoms with Crippen LogP contribution in [0.4, 0.5) is 30.7 Å². The fourth-order valence-corrected chi connectivity index (χ4v) is 4.97. The molecule has 1 saturated carbocycles. The predicted molar refractivity (Wildman–Crippen MR) is 122 cm³/mol. The van der Waals surface area contributed by atoms with E-state index in [0.29, 0.717) is 30.4 Å². The van der Waals surface area contributed by atoms with Crippen LogP contribution in [0.3, 0.4) is 0 Å². The summed E-state index contributed by atoms with van der Waals surface area (Å²) in [5.74, 6) is 0.559. The van der Waals surface area contributed by atoms with Crippen LogP contribution >= 0.6 is 0 Å². The van der Waals surface area contributed by atoms with Crippen LogP contribution in [0.1, 0.15) is 60.8 Å². The molecule has 0 aromatic heterocycles. The number of nitrogens with two attached hydrogens (primary N) is 1. The number of nitrogens with one attached hydrogen (secondary N) is 1. The van der Waals surface area contributed by atoms with Gasteiger partial charge in [-0.2, -0.15) is 31.2 Å². The Labute approximate surface area is 208 Å². The van der Waals surface area contributed by atoms with Crippen molar-refractivity contribution in [2.75, 3.05) is 0 Å². The van der Waals surface area contributed by atoms with Gasteiger partial charge >= 0.3 is 12.4 Å². The Morgan fingerprint density at radius 3 is 2.03 bits per heavy atom. The number of benzene rings is 2. The molecule has 2 fully saturated rings. The summed E-state index contributed by atoms with van der Waals surface area (Å²) in [6, 6.07) is 7.86. The average molecular weight is 533 g/mol. The molecule has 1 aliphatic heterocycles. The first-order valence-electron chi connectivity index (χ1n) is 11.5. The van der Waals surface area contributed by atoms with Gasteiger partial charge in [-0.3, -0.25) is 4.79 Å². The van der Waals surface area contributed by atoms with Gasteiger partial charge in [-0.1, -0.05) is 23.7 Å². The van der Waals surface area contributed by atoms with Crippen LogP contribution in [0, 0.1) is 16.6 Å². The predicted octanol–water partition coefficient (Wildman–Crippen LogP) is 6.31. The van der Waals surface area contributed by atoms with Crippen molar-refractivity contribution in [3.63, 3.8) is 0 Å². The highest BCUT2D eigenvalue weighted by molar-refractivity contribution is 5.88. The van der Waals surface area contributed by atoms with Crippen molar-refractivity contribution < 1.29 is 35.5 Å². The molecule has 4 atom stereocenters. The molecular formula is C25H26F7N3O2. The molecule has 0 radical (unpaired) electrons. The molecule has 0 bridgehead atoms. The highest BCUT2D eigenvalue weighted by Gasteiger charge is 2.46. The summed E-state index contributed by atoms with van der Waals surface area (Å²) in [4.78, 5) is 21.7. The van der Waals surface area contributed by atoms with Crippen LogP contribution in [0.15, 0.2) is 47.6 Å². The summed E-state index contributed by atoms with van der Waals surface area (Å²) in [6.07, 6.45) is -5.76. The van der Waals surface area contributed by atoms with Gasteiger partial charge in [0, 0.05) is 6.04 Å². The number of halogens is 7. The van der Waals surface area contributed by atoms with Crippen LogP contribution in [0.25, 0.3) is 0 Å². The minimum absolute atomic E-state index is 0.00565. The SMILES string of the molecule is C[C@@]1(N)CC(C2CCCC2c2ccc(F)cc2)NC1=O.O=NCc1cc(C(F)(F)F)cc(C(F)(F)F)c1. The minimum atomic E-state index is -4.90. The third-order valence-corrected chi connectivity index (χ3v) is 6.76. The van der Waals surface area contributed by atoms with Gasteiger partial charge in [-0.05, 0) is 79.5 Å². The topological polar surface area (TPSA) is 84.5 Å². The molecule has 0 spiro atoms. The van der Waals surface area contributed by atoms with E-state index in [0.717, 1.165) is 19.3 Å². The van der Waals surface area contributed by atoms with Gasteiger partial charge in [-0.15, -0.1) is 0 Å². The lowest BCUT2D eigenvalue weighted by Gasteiger charge is -2.26. The highest BCUT2D eigenvalue weighted by atomic mass is 19.4. The largest absolute Gasteiger partial charge is 0.416 e. The van der Waals surface area contributed by atoms with E-state index in [2.05, 4.69) is 10.5 Å². The lowest BCUT2D eigenvalue weighted by molar-refractivity contribution is -0.143. The number of rotatable bonds is 4. The molecule has 1 amide bonds. The smallest absolute Gasteiger partial charge is 0.351 e. The van der Waals surface area contributed by atoms with Crippen molar-refractivity contribution in [3.05, 3.63) is 75.4 Å². The molecule has 5 nitrogen and oxygen atoms in total. The maximum Gasteiger partial charge on any atom is 0.416 e. The van der Waals surface area contributed by atoms with E-state index in [4.69, 9.17) is 5.73 Å². The summed E-state index contributed by atoms with van der Waals surface area (Å²) in [7, 11) is 0. The van der Waals surface area contributed by atoms with Gasteiger partial charge in [0.05, 0.1) is 16.7 Å². The maximum atomic E-state index is 13.1. The van der Waals surface area contributed by atoms with E-state index >= 15 is 0 Å². The third-order valence-electron chi connectivity index (χ3n) is 6.76. The minimum Gasteiger partial charge on any atom is -0.351 e. The molecule has 12 heteroatoms. The number of nitroso groups, excluding NO2 is 1. The van der Waals surface area contributed by atoms with Crippen LogP contribution in [0.2, 0.25) is 0 Å². The van der Waals surface area contributed by atoms with E-state index < -0.39 is 41.1 Å². The number of amides is 1. The molecule has 3 unspecified atom stereocenters. The number of hydrogen-bond acceptors (Lipinski definition) is 4. The lowest BCUT2D eigenvalue weighted by Crippen LogP contribution is -2.43. The Hall–Kier alpha value is -3.02. The first-order chi connectivity index (χ1) is 17.1. The van der Waals surface area contributed by atoms with Crippen molar-refractivity contribution in [2.24, 2.45) is 16.8 Å². The van der Waals surface area contributed by atoms with Crippen molar-refractivity contribution in [1.82, 2.24) is 5.32 Å². The fourth-order valence-electron chi connectivity index (χ4n) is 4.97. The molecule has 1 aliphatic carbocycles. The van der Waals surface area contributed by atoms with Crippen LogP contribution in [-0.2, 0) is 23.7 Å². The quantitative estimate of drug-likeness (QED) is 0.357. The van der Waals surface area contributed by atoms with Gasteiger partial charge in [0.1, 0.15) is 12.4 Å². The van der Waals surface area contributed by atoms with E-state index in [9.17, 15) is 40.4 Å². The Kier molecular flexibility index (Phi) is 8.31. The molecule has 2 aromatic rings. The third kappa shape index (κ3) is 7.06. The van der Waals surface area contributed by atoms with E-state index in [-0.39, 0.29) is 23.8 Å². The zero-order valence-electron chi connectivity index (χ0n) is 19.8. The maximum absolute atomic E-state index is 13.1. The van der Waals surface area contributed by atoms with E-state index in [1.807, 2.05) is 12.1 Å². The van der Waals surface area contributed by atoms with Crippen molar-refractivity contribution >= 4 is 5.91 Å². The normalized spacial score (nSPS) is 25.9. The van der Waals surface area contributed by atoms with E-state index in [1.54, 1.807) is 6.92 Å². The van der Waals surface area contributed by atoms with E-state index in [1.165, 1.54) is 17.7 Å². The average Bonchev–Trinajstić information content (AvgIpc) is 3.38. The Bertz CT molecular complexity index is 1080. The molecule has 1 saturated heterocycles. The van der Waals surface area contributed by atoms with Crippen LogP contribution in [-0.4, -0.2) is 17.5 Å². The summed E-state index contributed by atoms with van der Waals surface area (Å²) in [5, 5.41) is 5.33. The zero-order valence-corrected chi connectivity index (χ0v) is 19.8. The fraction of sp³-hybridized carbons (Fsp3) is 0.480. The Balaban J connectivity index is 0.000000209. The number of carbonyl (C=O) groups is 1. The molecule has 4 rings (SSSR count). The van der Waals surface area contributed by atoms with Gasteiger partial charge in [0.2, 0.25) is 5.91 Å². The molecular weight excluding hydrogens is 507 g/mol. The standard InChI is InChI=1S/C16H21FN2O.C9H5F6NO/c1-16(18)9-14(19-15(16)20)13-4-2-3-12(13)10-5-7-11(17)8-6-10;10-8(11,12)6-1-5(4-16-17)2-7(3-6)9(13,14)15/h5-8,12-14H,2-4,9,18H2,1H3,(H,19,20);1-3H,4H2/t12?,13?,14?,16-;/m1./s1. The summed E-state index contributed by atoms with van der Waals surface area (Å²) >= 11 is 0. The number of carbonyl (C=O) groups excluding carboxylic acids is 1. The first kappa shape index (κ1) is 28.5. The van der Waals surface area contributed by atoms with Crippen LogP contribution in [0.5, 0.6) is 0 Å². The van der Waals surface area contributed by atoms with Crippen LogP contribution < -0.4 is 11.1 Å². The number of nitrogens with zero attached hydrogens (tertiary/aromatic N) is 1. The van der Waals surface area contributed by atoms with Gasteiger partial charge < -0.3 is 11.1 Å². The van der Waals surface area contributed by atoms with Gasteiger partial charge in [-0.25, -0.2) is 4.39 Å². The van der Waals surface area contributed by atoms with Crippen molar-refractivity contribution in [2.45, 2.75) is 69.0 Å². The number of hydrogen-bond donors (Lipinski definition) is 2. The molecule has 202 valence electrons. The zero-order chi connectivity index (χ0) is 27.6. The Morgan fingerprint density at radius 2 is 1.57 bits per heavy atom. The monoisotopic (exact) mass is 533 g/mol. The molecule has 2 aliphatic rings. The molecule has 1 heterocycles. The van der Waals surface area contributed by atoms with Crippen molar-refractivity contribution in [1.29, 1.82) is 0 Å². The molecule has 2 aromatic carbocycles. The second kappa shape index (κ2) is 10.8. The Morgan fingerprint density at radius 1 is 1.00 bits per heavy atom. The number of alkyl halides is 6. The van der Waals surface area contributed by atoms with Gasteiger partial charge in [0.15, 0.2) is 0 Å². The van der Waals surface area contributed by atoms with Gasteiger partial charge in [0.25, 0.3) is 0 Å². The molecule has 3 N–H and O–H groups in total. The highest BCUT2D eigenvalue weighted by Crippen LogP contribution is 2.44. The summed E-state index contributed by atoms with van der Waals surface area (Å²) in [5.41, 5.74) is 3.11. The second-order valence-electron chi connectivity index (χ2n) is 9.66. The van der Waals surface area contributed by atoms with Crippen molar-refractivity contribution in [3.8, 4) is 0 Å². The first-order valence-corrected chi connectivity index (χ1v) is 11.5. The summed E-state index contributed by atoms with van der Waals surface area (Å²) < 4.78 is 86.9. The second-order valence-corrected chi connectivity index (χ2v) is 9.66. The summed E-state index contributed by atoms with van der Waals surface area (Å²) in [6.45, 7) is 1.05.